The molecule has 1 atom stereocenters. The monoisotopic (exact) mass is 334 g/mol. The van der Waals surface area contributed by atoms with Gasteiger partial charge in [-0.3, -0.25) is 9.78 Å². The van der Waals surface area contributed by atoms with Gasteiger partial charge in [0.15, 0.2) is 0 Å². The van der Waals surface area contributed by atoms with E-state index in [9.17, 15) is 9.18 Å². The molecule has 0 radical (unpaired) electrons. The number of nitrogens with one attached hydrogen (secondary N) is 1. The van der Waals surface area contributed by atoms with Crippen LogP contribution in [0.2, 0.25) is 0 Å². The number of pyridine rings is 1. The van der Waals surface area contributed by atoms with Crippen molar-refractivity contribution in [2.75, 3.05) is 5.32 Å². The lowest BCUT2D eigenvalue weighted by Crippen LogP contribution is -2.18. The highest BCUT2D eigenvalue weighted by Gasteiger charge is 2.15. The molecule has 3 nitrogen and oxygen atoms in total. The Bertz CT molecular complexity index is 890. The average Bonchev–Trinajstić information content (AvgIpc) is 2.61. The van der Waals surface area contributed by atoms with Crippen molar-refractivity contribution in [1.82, 2.24) is 4.98 Å². The number of amides is 1. The summed E-state index contributed by atoms with van der Waals surface area (Å²) in [6.45, 7) is 3.71. The summed E-state index contributed by atoms with van der Waals surface area (Å²) in [6, 6.07) is 17.7. The normalized spacial score (nSPS) is 11.8. The molecule has 0 spiro atoms. The first-order chi connectivity index (χ1) is 12.0. The number of anilines is 1. The fourth-order valence-electron chi connectivity index (χ4n) is 2.65. The van der Waals surface area contributed by atoms with Crippen molar-refractivity contribution in [2.24, 2.45) is 0 Å². The van der Waals surface area contributed by atoms with Crippen LogP contribution < -0.4 is 5.32 Å². The first kappa shape index (κ1) is 16.8. The van der Waals surface area contributed by atoms with E-state index >= 15 is 0 Å². The molecule has 25 heavy (non-hydrogen) atoms. The molecule has 0 saturated heterocycles. The van der Waals surface area contributed by atoms with Gasteiger partial charge in [0.2, 0.25) is 5.91 Å². The fourth-order valence-corrected chi connectivity index (χ4v) is 2.65. The maximum absolute atomic E-state index is 13.3. The van der Waals surface area contributed by atoms with E-state index in [0.717, 1.165) is 16.8 Å². The SMILES string of the molecule is Cc1cc(-c2ccc(NC(=O)C(C)c3cccc(F)c3)cc2)ccn1. The van der Waals surface area contributed by atoms with Crippen molar-refractivity contribution in [2.45, 2.75) is 19.8 Å². The quantitative estimate of drug-likeness (QED) is 0.734. The maximum Gasteiger partial charge on any atom is 0.231 e. The third-order valence-electron chi connectivity index (χ3n) is 4.12. The molecule has 0 saturated carbocycles. The van der Waals surface area contributed by atoms with Crippen LogP contribution in [0.1, 0.15) is 24.1 Å². The molecule has 1 unspecified atom stereocenters. The molecule has 3 aromatic rings. The van der Waals surface area contributed by atoms with Gasteiger partial charge in [0.05, 0.1) is 5.92 Å². The van der Waals surface area contributed by atoms with Gasteiger partial charge in [-0.2, -0.15) is 0 Å². The van der Waals surface area contributed by atoms with Crippen molar-refractivity contribution in [3.8, 4) is 11.1 Å². The second-order valence-corrected chi connectivity index (χ2v) is 6.03. The zero-order valence-corrected chi connectivity index (χ0v) is 14.2. The number of aromatic nitrogens is 1. The van der Waals surface area contributed by atoms with E-state index in [1.165, 1.54) is 12.1 Å². The summed E-state index contributed by atoms with van der Waals surface area (Å²) in [7, 11) is 0. The van der Waals surface area contributed by atoms with Gasteiger partial charge in [-0.1, -0.05) is 24.3 Å². The Balaban J connectivity index is 1.72. The minimum absolute atomic E-state index is 0.168. The number of benzene rings is 2. The lowest BCUT2D eigenvalue weighted by Gasteiger charge is -2.13. The van der Waals surface area contributed by atoms with Crippen LogP contribution in [-0.2, 0) is 4.79 Å². The largest absolute Gasteiger partial charge is 0.326 e. The molecule has 126 valence electrons. The molecule has 1 aromatic heterocycles. The van der Waals surface area contributed by atoms with E-state index in [0.29, 0.717) is 11.3 Å². The summed E-state index contributed by atoms with van der Waals surface area (Å²) < 4.78 is 13.3. The van der Waals surface area contributed by atoms with Gasteiger partial charge >= 0.3 is 0 Å². The summed E-state index contributed by atoms with van der Waals surface area (Å²) >= 11 is 0. The van der Waals surface area contributed by atoms with Crippen LogP contribution in [0.5, 0.6) is 0 Å². The molecule has 2 aromatic carbocycles. The van der Waals surface area contributed by atoms with Crippen LogP contribution in [0.15, 0.2) is 66.9 Å². The first-order valence-electron chi connectivity index (χ1n) is 8.12. The molecule has 0 fully saturated rings. The topological polar surface area (TPSA) is 42.0 Å². The molecule has 1 heterocycles. The summed E-state index contributed by atoms with van der Waals surface area (Å²) in [5.74, 6) is -0.939. The average molecular weight is 334 g/mol. The second-order valence-electron chi connectivity index (χ2n) is 6.03. The number of carbonyl (C=O) groups is 1. The first-order valence-corrected chi connectivity index (χ1v) is 8.12. The Kier molecular flexibility index (Phi) is 4.89. The Hall–Kier alpha value is -3.01. The zero-order chi connectivity index (χ0) is 17.8. The van der Waals surface area contributed by atoms with Crippen molar-refractivity contribution in [1.29, 1.82) is 0 Å². The fraction of sp³-hybridized carbons (Fsp3) is 0.143. The molecular formula is C21H19FN2O. The third kappa shape index (κ3) is 4.10. The van der Waals surface area contributed by atoms with Crippen molar-refractivity contribution >= 4 is 11.6 Å². The highest BCUT2D eigenvalue weighted by atomic mass is 19.1. The molecule has 0 aliphatic heterocycles. The van der Waals surface area contributed by atoms with Crippen molar-refractivity contribution in [3.05, 3.63) is 83.9 Å². The Labute approximate surface area is 146 Å². The van der Waals surface area contributed by atoms with Crippen LogP contribution in [0.25, 0.3) is 11.1 Å². The lowest BCUT2D eigenvalue weighted by atomic mass is 10.00. The predicted molar refractivity (Wildman–Crippen MR) is 97.9 cm³/mol. The number of hydrogen-bond acceptors (Lipinski definition) is 2. The van der Waals surface area contributed by atoms with Gasteiger partial charge in [0, 0.05) is 17.6 Å². The molecule has 1 amide bonds. The Morgan fingerprint density at radius 1 is 1.04 bits per heavy atom. The van der Waals surface area contributed by atoms with Crippen LogP contribution in [-0.4, -0.2) is 10.9 Å². The van der Waals surface area contributed by atoms with Crippen LogP contribution in [0, 0.1) is 12.7 Å². The minimum Gasteiger partial charge on any atom is -0.326 e. The summed E-state index contributed by atoms with van der Waals surface area (Å²) in [5, 5.41) is 2.88. The highest BCUT2D eigenvalue weighted by molar-refractivity contribution is 5.95. The van der Waals surface area contributed by atoms with Gasteiger partial charge in [0.25, 0.3) is 0 Å². The number of rotatable bonds is 4. The highest BCUT2D eigenvalue weighted by Crippen LogP contribution is 2.23. The number of hydrogen-bond donors (Lipinski definition) is 1. The maximum atomic E-state index is 13.3. The van der Waals surface area contributed by atoms with E-state index in [4.69, 9.17) is 0 Å². The Morgan fingerprint density at radius 2 is 1.80 bits per heavy atom. The molecule has 0 bridgehead atoms. The van der Waals surface area contributed by atoms with E-state index in [2.05, 4.69) is 10.3 Å². The number of nitrogens with zero attached hydrogens (tertiary/aromatic N) is 1. The van der Waals surface area contributed by atoms with Crippen molar-refractivity contribution < 1.29 is 9.18 Å². The molecule has 3 rings (SSSR count). The van der Waals surface area contributed by atoms with Gasteiger partial charge < -0.3 is 5.32 Å². The third-order valence-corrected chi connectivity index (χ3v) is 4.12. The van der Waals surface area contributed by atoms with Gasteiger partial charge in [-0.25, -0.2) is 4.39 Å². The summed E-state index contributed by atoms with van der Waals surface area (Å²) in [6.07, 6.45) is 1.78. The molecule has 1 N–H and O–H groups in total. The van der Waals surface area contributed by atoms with E-state index in [1.54, 1.807) is 25.3 Å². The second kappa shape index (κ2) is 7.26. The van der Waals surface area contributed by atoms with Crippen LogP contribution >= 0.6 is 0 Å². The molecule has 0 aliphatic rings. The number of carbonyl (C=O) groups excluding carboxylic acids is 1. The standard InChI is InChI=1S/C21H19FN2O/c1-14-12-18(10-11-23-14)16-6-8-20(9-7-16)24-21(25)15(2)17-4-3-5-19(22)13-17/h3-13,15H,1-2H3,(H,24,25). The molecule has 4 heteroatoms. The van der Waals surface area contributed by atoms with Crippen LogP contribution in [0.3, 0.4) is 0 Å². The lowest BCUT2D eigenvalue weighted by molar-refractivity contribution is -0.117. The van der Waals surface area contributed by atoms with Gasteiger partial charge in [-0.15, -0.1) is 0 Å². The Morgan fingerprint density at radius 3 is 2.48 bits per heavy atom. The zero-order valence-electron chi connectivity index (χ0n) is 14.2. The minimum atomic E-state index is -0.432. The number of aryl methyl sites for hydroxylation is 1. The summed E-state index contributed by atoms with van der Waals surface area (Å²) in [4.78, 5) is 16.6. The smallest absolute Gasteiger partial charge is 0.231 e. The van der Waals surface area contributed by atoms with Crippen LogP contribution in [0.4, 0.5) is 10.1 Å². The van der Waals surface area contributed by atoms with Gasteiger partial charge in [0.1, 0.15) is 5.82 Å². The van der Waals surface area contributed by atoms with Crippen molar-refractivity contribution in [3.63, 3.8) is 0 Å². The van der Waals surface area contributed by atoms with E-state index in [1.807, 2.05) is 43.3 Å². The predicted octanol–water partition coefficient (Wildman–Crippen LogP) is 4.94. The number of halogens is 1. The van der Waals surface area contributed by atoms with E-state index < -0.39 is 5.92 Å². The molecule has 0 aliphatic carbocycles. The summed E-state index contributed by atoms with van der Waals surface area (Å²) in [5.41, 5.74) is 4.46. The van der Waals surface area contributed by atoms with E-state index in [-0.39, 0.29) is 11.7 Å². The van der Waals surface area contributed by atoms with Gasteiger partial charge in [-0.05, 0) is 66.9 Å². The molecular weight excluding hydrogens is 315 g/mol.